The molecule has 0 aliphatic carbocycles. The second kappa shape index (κ2) is 9.84. The maximum absolute atomic E-state index is 12.8. The van der Waals surface area contributed by atoms with Crippen LogP contribution in [0.15, 0.2) is 23.0 Å². The summed E-state index contributed by atoms with van der Waals surface area (Å²) in [5.74, 6) is -0.698. The number of aryl methyl sites for hydroxylation is 2. The van der Waals surface area contributed by atoms with E-state index >= 15 is 0 Å². The predicted molar refractivity (Wildman–Crippen MR) is 111 cm³/mol. The topological polar surface area (TPSA) is 108 Å². The number of nitrogens with one attached hydrogen (secondary N) is 1. The number of hydrogen-bond donors (Lipinski definition) is 2. The maximum atomic E-state index is 12.8. The first-order chi connectivity index (χ1) is 14.0. The summed E-state index contributed by atoms with van der Waals surface area (Å²) in [6.45, 7) is 2.22. The molecule has 158 valence electrons. The van der Waals surface area contributed by atoms with Gasteiger partial charge in [0, 0.05) is 26.7 Å². The number of piperidine rings is 1. The van der Waals surface area contributed by atoms with Gasteiger partial charge in [-0.3, -0.25) is 24.0 Å². The van der Waals surface area contributed by atoms with Crippen molar-refractivity contribution in [3.63, 3.8) is 0 Å². The van der Waals surface area contributed by atoms with Crippen molar-refractivity contribution in [3.05, 3.63) is 34.2 Å². The Balaban J connectivity index is 1.65. The van der Waals surface area contributed by atoms with E-state index in [1.807, 2.05) is 18.2 Å². The van der Waals surface area contributed by atoms with Gasteiger partial charge in [-0.1, -0.05) is 6.07 Å². The molecule has 0 bridgehead atoms. The average molecular weight is 402 g/mol. The number of ether oxygens (including phenoxy) is 1. The normalized spacial score (nSPS) is 17.1. The van der Waals surface area contributed by atoms with E-state index in [9.17, 15) is 14.4 Å². The minimum Gasteiger partial charge on any atom is -0.381 e. The van der Waals surface area contributed by atoms with Gasteiger partial charge in [-0.15, -0.1) is 0 Å². The van der Waals surface area contributed by atoms with Gasteiger partial charge >= 0.3 is 5.69 Å². The van der Waals surface area contributed by atoms with Crippen LogP contribution in [0.4, 0.5) is 0 Å². The maximum Gasteiger partial charge on any atom is 0.329 e. The number of aromatic nitrogens is 2. The number of carbonyl (C=O) groups excluding carboxylic acids is 2. The lowest BCUT2D eigenvalue weighted by molar-refractivity contribution is -0.135. The molecule has 1 aromatic carbocycles. The van der Waals surface area contributed by atoms with Gasteiger partial charge in [0.1, 0.15) is 6.04 Å². The van der Waals surface area contributed by atoms with Crippen LogP contribution in [0.5, 0.6) is 0 Å². The fourth-order valence-corrected chi connectivity index (χ4v) is 3.78. The van der Waals surface area contributed by atoms with Gasteiger partial charge in [0.25, 0.3) is 0 Å². The number of fused-ring (bicyclic) bond motifs is 1. The zero-order valence-electron chi connectivity index (χ0n) is 17.0. The smallest absolute Gasteiger partial charge is 0.329 e. The molecular formula is C21H30N4O4. The minimum absolute atomic E-state index is 0.238. The van der Waals surface area contributed by atoms with Gasteiger partial charge in [0.15, 0.2) is 0 Å². The Kier molecular flexibility index (Phi) is 7.22. The number of hydrogen-bond acceptors (Lipinski definition) is 5. The molecule has 2 heterocycles. The van der Waals surface area contributed by atoms with Crippen molar-refractivity contribution in [1.82, 2.24) is 14.5 Å². The highest BCUT2D eigenvalue weighted by Gasteiger charge is 2.31. The number of imidazole rings is 1. The third kappa shape index (κ3) is 4.94. The molecule has 1 aromatic heterocycles. The highest BCUT2D eigenvalue weighted by molar-refractivity contribution is 6.00. The van der Waals surface area contributed by atoms with E-state index in [0.29, 0.717) is 13.0 Å². The Morgan fingerprint density at radius 3 is 2.59 bits per heavy atom. The molecular weight excluding hydrogens is 372 g/mol. The Morgan fingerprint density at radius 1 is 1.10 bits per heavy atom. The van der Waals surface area contributed by atoms with E-state index in [0.717, 1.165) is 61.9 Å². The molecule has 2 aromatic rings. The van der Waals surface area contributed by atoms with Crippen LogP contribution >= 0.6 is 0 Å². The van der Waals surface area contributed by atoms with Crippen molar-refractivity contribution in [1.29, 1.82) is 0 Å². The quantitative estimate of drug-likeness (QED) is 0.461. The lowest BCUT2D eigenvalue weighted by atomic mass is 10.0. The first-order valence-corrected chi connectivity index (χ1v) is 10.3. The number of nitrogens with two attached hydrogens (primary N) is 1. The van der Waals surface area contributed by atoms with Crippen LogP contribution in [-0.4, -0.2) is 40.7 Å². The number of carbonyl (C=O) groups is 2. The molecule has 1 unspecified atom stereocenters. The van der Waals surface area contributed by atoms with E-state index < -0.39 is 11.9 Å². The van der Waals surface area contributed by atoms with E-state index in [4.69, 9.17) is 10.5 Å². The number of unbranched alkanes of at least 4 members (excludes halogenated alkanes) is 2. The van der Waals surface area contributed by atoms with Gasteiger partial charge in [-0.05, 0) is 62.8 Å². The minimum atomic E-state index is -0.647. The van der Waals surface area contributed by atoms with Crippen LogP contribution in [0, 0.1) is 0 Å². The fourth-order valence-electron chi connectivity index (χ4n) is 3.78. The molecule has 1 aliphatic rings. The first kappa shape index (κ1) is 21.3. The van der Waals surface area contributed by atoms with Crippen molar-refractivity contribution in [2.24, 2.45) is 12.8 Å². The van der Waals surface area contributed by atoms with Crippen molar-refractivity contribution >= 4 is 22.8 Å². The molecule has 8 heteroatoms. The molecule has 2 amide bonds. The van der Waals surface area contributed by atoms with Gasteiger partial charge < -0.3 is 10.5 Å². The molecule has 3 rings (SSSR count). The number of nitrogens with zero attached hydrogens (tertiary/aromatic N) is 2. The Morgan fingerprint density at radius 2 is 1.86 bits per heavy atom. The van der Waals surface area contributed by atoms with Gasteiger partial charge in [-0.25, -0.2) is 4.79 Å². The SMILES string of the molecule is Cn1c(=O)n(C2CCC(=O)NC2=O)c2ccc(CCCCOCCCCN)cc21. The summed E-state index contributed by atoms with van der Waals surface area (Å²) in [6, 6.07) is 5.28. The third-order valence-corrected chi connectivity index (χ3v) is 5.42. The highest BCUT2D eigenvalue weighted by Crippen LogP contribution is 2.24. The molecule has 1 fully saturated rings. The second-order valence-electron chi connectivity index (χ2n) is 7.57. The summed E-state index contributed by atoms with van der Waals surface area (Å²) in [4.78, 5) is 36.4. The predicted octanol–water partition coefficient (Wildman–Crippen LogP) is 1.40. The molecule has 0 spiro atoms. The van der Waals surface area contributed by atoms with Crippen LogP contribution in [0.3, 0.4) is 0 Å². The number of benzene rings is 1. The lowest BCUT2D eigenvalue weighted by Gasteiger charge is -2.21. The van der Waals surface area contributed by atoms with Crippen LogP contribution in [0.1, 0.15) is 50.1 Å². The van der Waals surface area contributed by atoms with E-state index in [2.05, 4.69) is 5.32 Å². The average Bonchev–Trinajstić information content (AvgIpc) is 2.95. The van der Waals surface area contributed by atoms with Gasteiger partial charge in [0.05, 0.1) is 11.0 Å². The lowest BCUT2D eigenvalue weighted by Crippen LogP contribution is -2.44. The molecule has 1 atom stereocenters. The molecule has 29 heavy (non-hydrogen) atoms. The number of imide groups is 1. The third-order valence-electron chi connectivity index (χ3n) is 5.42. The molecule has 1 saturated heterocycles. The summed E-state index contributed by atoms with van der Waals surface area (Å²) in [5, 5.41) is 2.33. The van der Waals surface area contributed by atoms with Gasteiger partial charge in [-0.2, -0.15) is 0 Å². The summed E-state index contributed by atoms with van der Waals surface area (Å²) < 4.78 is 8.68. The Bertz CT molecular complexity index is 931. The van der Waals surface area contributed by atoms with Crippen LogP contribution in [0.25, 0.3) is 11.0 Å². The van der Waals surface area contributed by atoms with Crippen molar-refractivity contribution in [2.45, 2.75) is 51.0 Å². The van der Waals surface area contributed by atoms with Gasteiger partial charge in [0.2, 0.25) is 11.8 Å². The summed E-state index contributed by atoms with van der Waals surface area (Å²) in [5.41, 5.74) is 7.89. The number of amides is 2. The molecule has 8 nitrogen and oxygen atoms in total. The zero-order valence-corrected chi connectivity index (χ0v) is 17.0. The van der Waals surface area contributed by atoms with E-state index in [-0.39, 0.29) is 18.0 Å². The van der Waals surface area contributed by atoms with Crippen molar-refractivity contribution < 1.29 is 14.3 Å². The van der Waals surface area contributed by atoms with E-state index in [1.54, 1.807) is 11.6 Å². The zero-order chi connectivity index (χ0) is 20.8. The van der Waals surface area contributed by atoms with Crippen molar-refractivity contribution in [2.75, 3.05) is 19.8 Å². The van der Waals surface area contributed by atoms with E-state index in [1.165, 1.54) is 4.57 Å². The molecule has 0 radical (unpaired) electrons. The standard InChI is InChI=1S/C21H30N4O4/c1-24-18-14-15(6-2-4-12-29-13-5-3-11-22)7-8-16(18)25(21(24)28)17-9-10-19(26)23-20(17)27/h7-8,14,17H,2-6,9-13,22H2,1H3,(H,23,26,27). The fraction of sp³-hybridized carbons (Fsp3) is 0.571. The largest absolute Gasteiger partial charge is 0.381 e. The summed E-state index contributed by atoms with van der Waals surface area (Å²) >= 11 is 0. The second-order valence-corrected chi connectivity index (χ2v) is 7.57. The summed E-state index contributed by atoms with van der Waals surface area (Å²) in [7, 11) is 1.71. The number of rotatable bonds is 10. The van der Waals surface area contributed by atoms with Crippen molar-refractivity contribution in [3.8, 4) is 0 Å². The monoisotopic (exact) mass is 402 g/mol. The Hall–Kier alpha value is -2.45. The summed E-state index contributed by atoms with van der Waals surface area (Å²) in [6.07, 6.45) is 5.48. The van der Waals surface area contributed by atoms with Crippen LogP contribution in [0.2, 0.25) is 0 Å². The molecule has 3 N–H and O–H groups in total. The van der Waals surface area contributed by atoms with Crippen LogP contribution in [-0.2, 0) is 27.8 Å². The van der Waals surface area contributed by atoms with Crippen LogP contribution < -0.4 is 16.7 Å². The molecule has 1 aliphatic heterocycles. The first-order valence-electron chi connectivity index (χ1n) is 10.3. The Labute approximate surface area is 170 Å². The highest BCUT2D eigenvalue weighted by atomic mass is 16.5. The molecule has 0 saturated carbocycles.